The van der Waals surface area contributed by atoms with Crippen molar-refractivity contribution in [1.82, 2.24) is 4.98 Å². The molecule has 0 amide bonds. The van der Waals surface area contributed by atoms with E-state index in [1.54, 1.807) is 6.20 Å². The van der Waals surface area contributed by atoms with E-state index < -0.39 is 0 Å². The summed E-state index contributed by atoms with van der Waals surface area (Å²) in [5.41, 5.74) is 7.05. The smallest absolute Gasteiger partial charge is 0.143 e. The lowest BCUT2D eigenvalue weighted by molar-refractivity contribution is 0.283. The molecule has 0 atom stereocenters. The fourth-order valence-corrected chi connectivity index (χ4v) is 2.28. The van der Waals surface area contributed by atoms with Gasteiger partial charge in [-0.25, -0.2) is 0 Å². The van der Waals surface area contributed by atoms with Gasteiger partial charge < -0.3 is 15.7 Å². The molecule has 0 aliphatic heterocycles. The molecule has 18 heavy (non-hydrogen) atoms. The lowest BCUT2D eigenvalue weighted by atomic mass is 9.90. The summed E-state index contributed by atoms with van der Waals surface area (Å²) in [5.74, 6) is -0.000998. The lowest BCUT2D eigenvalue weighted by Crippen LogP contribution is -2.42. The zero-order valence-corrected chi connectivity index (χ0v) is 10.5. The molecule has 0 unspecified atom stereocenters. The Morgan fingerprint density at radius 1 is 1.56 bits per heavy atom. The second-order valence-electron chi connectivity index (χ2n) is 4.64. The van der Waals surface area contributed by atoms with Crippen molar-refractivity contribution in [2.45, 2.75) is 31.7 Å². The van der Waals surface area contributed by atoms with Gasteiger partial charge in [0.05, 0.1) is 5.69 Å². The summed E-state index contributed by atoms with van der Waals surface area (Å²) >= 11 is 0. The van der Waals surface area contributed by atoms with Gasteiger partial charge in [-0.1, -0.05) is 0 Å². The van der Waals surface area contributed by atoms with E-state index in [1.807, 2.05) is 12.1 Å². The standard InChI is InChI=1S/C13H20N4O/c14-13(15)12-11(6-2-7-16-12)17(8-3-9-18)10-4-1-5-10/h2,6-7,10,18H,1,3-5,8-9H2,(H3,14,15). The monoisotopic (exact) mass is 248 g/mol. The van der Waals surface area contributed by atoms with Gasteiger partial charge in [0.25, 0.3) is 0 Å². The van der Waals surface area contributed by atoms with Crippen molar-refractivity contribution in [3.05, 3.63) is 24.0 Å². The molecule has 4 N–H and O–H groups in total. The van der Waals surface area contributed by atoms with Crippen molar-refractivity contribution in [2.24, 2.45) is 5.73 Å². The molecule has 0 radical (unpaired) electrons. The minimum atomic E-state index is -0.000998. The maximum Gasteiger partial charge on any atom is 0.143 e. The van der Waals surface area contributed by atoms with Gasteiger partial charge in [-0.3, -0.25) is 10.4 Å². The van der Waals surface area contributed by atoms with Crippen LogP contribution in [0, 0.1) is 5.41 Å². The Bertz CT molecular complexity index is 417. The van der Waals surface area contributed by atoms with Crippen molar-refractivity contribution < 1.29 is 5.11 Å². The van der Waals surface area contributed by atoms with Crippen LogP contribution in [-0.4, -0.2) is 35.1 Å². The minimum absolute atomic E-state index is 0.000998. The van der Waals surface area contributed by atoms with E-state index in [2.05, 4.69) is 9.88 Å². The van der Waals surface area contributed by atoms with Crippen molar-refractivity contribution in [1.29, 1.82) is 5.41 Å². The molecular weight excluding hydrogens is 228 g/mol. The number of rotatable bonds is 6. The highest BCUT2D eigenvalue weighted by Crippen LogP contribution is 2.30. The summed E-state index contributed by atoms with van der Waals surface area (Å²) in [6.45, 7) is 0.964. The van der Waals surface area contributed by atoms with Gasteiger partial charge >= 0.3 is 0 Å². The second kappa shape index (κ2) is 5.82. The van der Waals surface area contributed by atoms with E-state index >= 15 is 0 Å². The SMILES string of the molecule is N=C(N)c1ncccc1N(CCCO)C1CCC1. The van der Waals surface area contributed by atoms with Crippen LogP contribution in [0.1, 0.15) is 31.4 Å². The maximum atomic E-state index is 9.00. The van der Waals surface area contributed by atoms with Gasteiger partial charge in [0, 0.05) is 25.4 Å². The molecule has 5 nitrogen and oxygen atoms in total. The van der Waals surface area contributed by atoms with Gasteiger partial charge in [0.1, 0.15) is 11.5 Å². The Balaban J connectivity index is 2.25. The van der Waals surface area contributed by atoms with E-state index in [1.165, 1.54) is 6.42 Å². The van der Waals surface area contributed by atoms with E-state index in [0.717, 1.165) is 31.5 Å². The maximum absolute atomic E-state index is 9.00. The first-order chi connectivity index (χ1) is 8.74. The number of hydrogen-bond acceptors (Lipinski definition) is 4. The first-order valence-electron chi connectivity index (χ1n) is 6.41. The van der Waals surface area contributed by atoms with E-state index in [0.29, 0.717) is 11.7 Å². The summed E-state index contributed by atoms with van der Waals surface area (Å²) < 4.78 is 0. The molecule has 1 aromatic heterocycles. The average molecular weight is 248 g/mol. The Morgan fingerprint density at radius 2 is 2.33 bits per heavy atom. The summed E-state index contributed by atoms with van der Waals surface area (Å²) in [7, 11) is 0. The van der Waals surface area contributed by atoms with E-state index in [-0.39, 0.29) is 12.4 Å². The van der Waals surface area contributed by atoms with Crippen LogP contribution in [0.2, 0.25) is 0 Å². The number of aromatic nitrogens is 1. The topological polar surface area (TPSA) is 86.2 Å². The summed E-state index contributed by atoms with van der Waals surface area (Å²) in [5, 5.41) is 16.6. The van der Waals surface area contributed by atoms with Crippen LogP contribution in [-0.2, 0) is 0 Å². The number of aliphatic hydroxyl groups is 1. The summed E-state index contributed by atoms with van der Waals surface area (Å²) in [6.07, 6.45) is 5.96. The average Bonchev–Trinajstić information content (AvgIpc) is 2.32. The fraction of sp³-hybridized carbons (Fsp3) is 0.538. The fourth-order valence-electron chi connectivity index (χ4n) is 2.28. The molecule has 0 saturated heterocycles. The second-order valence-corrected chi connectivity index (χ2v) is 4.64. The van der Waals surface area contributed by atoms with Crippen LogP contribution >= 0.6 is 0 Å². The zero-order chi connectivity index (χ0) is 13.0. The predicted octanol–water partition coefficient (Wildman–Crippen LogP) is 1.11. The third kappa shape index (κ3) is 2.61. The summed E-state index contributed by atoms with van der Waals surface area (Å²) in [4.78, 5) is 6.43. The number of nitrogens with one attached hydrogen (secondary N) is 1. The lowest BCUT2D eigenvalue weighted by Gasteiger charge is -2.39. The molecule has 1 fully saturated rings. The molecule has 98 valence electrons. The molecule has 1 aliphatic rings. The van der Waals surface area contributed by atoms with Crippen LogP contribution in [0.25, 0.3) is 0 Å². The van der Waals surface area contributed by atoms with Crippen LogP contribution < -0.4 is 10.6 Å². The van der Waals surface area contributed by atoms with Crippen LogP contribution in [0.4, 0.5) is 5.69 Å². The predicted molar refractivity (Wildman–Crippen MR) is 71.9 cm³/mol. The Labute approximate surface area is 107 Å². The third-order valence-corrected chi connectivity index (χ3v) is 3.42. The number of hydrogen-bond donors (Lipinski definition) is 3. The normalized spacial score (nSPS) is 15.2. The van der Waals surface area contributed by atoms with Gasteiger partial charge in [-0.05, 0) is 37.8 Å². The van der Waals surface area contributed by atoms with E-state index in [4.69, 9.17) is 16.2 Å². The highest BCUT2D eigenvalue weighted by molar-refractivity contribution is 5.98. The number of amidine groups is 1. The number of nitrogens with zero attached hydrogens (tertiary/aromatic N) is 2. The highest BCUT2D eigenvalue weighted by atomic mass is 16.3. The molecule has 0 spiro atoms. The van der Waals surface area contributed by atoms with Gasteiger partial charge in [-0.15, -0.1) is 0 Å². The molecular formula is C13H20N4O. The third-order valence-electron chi connectivity index (χ3n) is 3.42. The Hall–Kier alpha value is -1.62. The van der Waals surface area contributed by atoms with Crippen LogP contribution in [0.3, 0.4) is 0 Å². The Morgan fingerprint density at radius 3 is 2.89 bits per heavy atom. The zero-order valence-electron chi connectivity index (χ0n) is 10.5. The van der Waals surface area contributed by atoms with E-state index in [9.17, 15) is 0 Å². The highest BCUT2D eigenvalue weighted by Gasteiger charge is 2.27. The van der Waals surface area contributed by atoms with Crippen LogP contribution in [0.15, 0.2) is 18.3 Å². The van der Waals surface area contributed by atoms with Crippen molar-refractivity contribution in [3.8, 4) is 0 Å². The van der Waals surface area contributed by atoms with Crippen molar-refractivity contribution in [2.75, 3.05) is 18.1 Å². The molecule has 0 bridgehead atoms. The van der Waals surface area contributed by atoms with Crippen LogP contribution in [0.5, 0.6) is 0 Å². The van der Waals surface area contributed by atoms with Crippen molar-refractivity contribution in [3.63, 3.8) is 0 Å². The summed E-state index contributed by atoms with van der Waals surface area (Å²) in [6, 6.07) is 4.32. The minimum Gasteiger partial charge on any atom is -0.396 e. The number of anilines is 1. The molecule has 1 heterocycles. The number of nitrogens with two attached hydrogens (primary N) is 1. The molecule has 1 saturated carbocycles. The first kappa shape index (κ1) is 12.8. The molecule has 1 aliphatic carbocycles. The molecule has 0 aromatic carbocycles. The van der Waals surface area contributed by atoms with Gasteiger partial charge in [0.2, 0.25) is 0 Å². The first-order valence-corrected chi connectivity index (χ1v) is 6.41. The number of pyridine rings is 1. The molecule has 2 rings (SSSR count). The Kier molecular flexibility index (Phi) is 4.15. The number of nitrogen functional groups attached to an aromatic ring is 1. The van der Waals surface area contributed by atoms with Gasteiger partial charge in [0.15, 0.2) is 0 Å². The number of aliphatic hydroxyl groups excluding tert-OH is 1. The molecule has 1 aromatic rings. The quantitative estimate of drug-likeness (QED) is 0.520. The van der Waals surface area contributed by atoms with Crippen molar-refractivity contribution >= 4 is 11.5 Å². The largest absolute Gasteiger partial charge is 0.396 e. The van der Waals surface area contributed by atoms with Gasteiger partial charge in [-0.2, -0.15) is 0 Å². The molecule has 5 heteroatoms.